The maximum atomic E-state index is 10.3. The maximum Gasteiger partial charge on any atom is 0.415 e. The summed E-state index contributed by atoms with van der Waals surface area (Å²) < 4.78 is 9.76. The molecule has 82 valence electrons. The second kappa shape index (κ2) is 3.83. The first-order valence-corrected chi connectivity index (χ1v) is 4.39. The van der Waals surface area contributed by atoms with Gasteiger partial charge >= 0.3 is 5.82 Å². The lowest BCUT2D eigenvalue weighted by Gasteiger charge is -2.18. The van der Waals surface area contributed by atoms with E-state index < -0.39 is 17.0 Å². The predicted octanol–water partition coefficient (Wildman–Crippen LogP) is 0.915. The lowest BCUT2D eigenvalue weighted by molar-refractivity contribution is -0.390. The van der Waals surface area contributed by atoms with E-state index in [0.717, 1.165) is 12.5 Å². The summed E-state index contributed by atoms with van der Waals surface area (Å²) in [6.45, 7) is 0.554. The zero-order valence-electron chi connectivity index (χ0n) is 7.70. The van der Waals surface area contributed by atoms with Crippen LogP contribution in [-0.2, 0) is 4.74 Å². The van der Waals surface area contributed by atoms with Gasteiger partial charge in [-0.1, -0.05) is 0 Å². The van der Waals surface area contributed by atoms with Gasteiger partial charge in [-0.2, -0.15) is 5.06 Å². The molecule has 1 aliphatic rings. The third-order valence-corrected chi connectivity index (χ3v) is 2.08. The van der Waals surface area contributed by atoms with Crippen molar-refractivity contribution in [1.29, 1.82) is 0 Å². The average molecular weight is 215 g/mol. The van der Waals surface area contributed by atoms with Gasteiger partial charge in [0, 0.05) is 6.61 Å². The molecule has 15 heavy (non-hydrogen) atoms. The molecule has 2 rings (SSSR count). The van der Waals surface area contributed by atoms with Crippen molar-refractivity contribution in [3.05, 3.63) is 16.2 Å². The lowest BCUT2D eigenvalue weighted by atomic mass is 10.3. The highest BCUT2D eigenvalue weighted by Gasteiger charge is 2.28. The van der Waals surface area contributed by atoms with Crippen LogP contribution in [0.3, 0.4) is 0 Å². The second-order valence-corrected chi connectivity index (χ2v) is 3.09. The Hall–Kier alpha value is -1.67. The molecule has 1 aromatic heterocycles. The molecular formula is C7H9N3O5. The van der Waals surface area contributed by atoms with Crippen LogP contribution in [0.2, 0.25) is 0 Å². The molecule has 1 N–H and O–H groups in total. The molecule has 0 saturated carbocycles. The molecule has 2 heterocycles. The minimum Gasteiger partial charge on any atom is -0.358 e. The van der Waals surface area contributed by atoms with Gasteiger partial charge < -0.3 is 14.9 Å². The second-order valence-electron chi connectivity index (χ2n) is 3.09. The number of hydrogen-bond acceptors (Lipinski definition) is 7. The molecule has 8 heteroatoms. The van der Waals surface area contributed by atoms with Gasteiger partial charge in [-0.15, -0.1) is 0 Å². The summed E-state index contributed by atoms with van der Waals surface area (Å²) in [6, 6.07) is 1.04. The molecule has 0 amide bonds. The van der Waals surface area contributed by atoms with Crippen molar-refractivity contribution in [3.8, 4) is 0 Å². The van der Waals surface area contributed by atoms with Crippen molar-refractivity contribution in [1.82, 2.24) is 5.16 Å². The van der Waals surface area contributed by atoms with E-state index in [0.29, 0.717) is 18.1 Å². The molecule has 1 aliphatic heterocycles. The number of nitro groups is 1. The summed E-state index contributed by atoms with van der Waals surface area (Å²) >= 11 is 0. The van der Waals surface area contributed by atoms with Crippen LogP contribution in [0.5, 0.6) is 0 Å². The maximum absolute atomic E-state index is 10.3. The first kappa shape index (κ1) is 9.87. The lowest BCUT2D eigenvalue weighted by Crippen LogP contribution is -2.30. The molecule has 1 atom stereocenters. The van der Waals surface area contributed by atoms with Gasteiger partial charge in [0.05, 0.1) is 0 Å². The van der Waals surface area contributed by atoms with E-state index in [2.05, 4.69) is 9.68 Å². The third-order valence-electron chi connectivity index (χ3n) is 2.08. The van der Waals surface area contributed by atoms with Gasteiger partial charge in [0.15, 0.2) is 11.4 Å². The normalized spacial score (nSPS) is 20.5. The summed E-state index contributed by atoms with van der Waals surface area (Å²) in [5.41, 5.74) is 0. The minimum absolute atomic E-state index is 0.0893. The van der Waals surface area contributed by atoms with Crippen LogP contribution in [0.4, 0.5) is 11.7 Å². The number of hydroxylamine groups is 1. The first-order chi connectivity index (χ1) is 7.18. The van der Waals surface area contributed by atoms with E-state index in [1.165, 1.54) is 0 Å². The zero-order valence-corrected chi connectivity index (χ0v) is 7.70. The largest absolute Gasteiger partial charge is 0.415 e. The number of nitrogens with zero attached hydrogens (tertiary/aromatic N) is 3. The Bertz CT molecular complexity index is 359. The Morgan fingerprint density at radius 3 is 3.07 bits per heavy atom. The smallest absolute Gasteiger partial charge is 0.358 e. The van der Waals surface area contributed by atoms with E-state index in [1.54, 1.807) is 0 Å². The number of anilines is 1. The average Bonchev–Trinajstić information content (AvgIpc) is 2.88. The van der Waals surface area contributed by atoms with Crippen molar-refractivity contribution in [2.45, 2.75) is 19.1 Å². The molecule has 0 radical (unpaired) electrons. The van der Waals surface area contributed by atoms with Crippen LogP contribution in [0, 0.1) is 10.1 Å². The third kappa shape index (κ3) is 1.90. The standard InChI is InChI=1S/C7H9N3O5/c11-9(6-2-1-3-14-6)7-4-5(8-15-7)10(12)13/h4,6,11H,1-3H2/t6-/m0/s1. The number of aromatic nitrogens is 1. The van der Waals surface area contributed by atoms with E-state index in [-0.39, 0.29) is 5.88 Å². The molecule has 1 fully saturated rings. The predicted molar refractivity (Wildman–Crippen MR) is 46.4 cm³/mol. The van der Waals surface area contributed by atoms with Crippen LogP contribution in [-0.4, -0.2) is 28.1 Å². The van der Waals surface area contributed by atoms with Gasteiger partial charge in [0.25, 0.3) is 5.88 Å². The van der Waals surface area contributed by atoms with Crippen molar-refractivity contribution in [2.24, 2.45) is 0 Å². The minimum atomic E-state index is -0.698. The highest BCUT2D eigenvalue weighted by Crippen LogP contribution is 2.24. The molecule has 0 aromatic carbocycles. The van der Waals surface area contributed by atoms with Gasteiger partial charge in [-0.05, 0) is 17.8 Å². The molecule has 0 unspecified atom stereocenters. The Morgan fingerprint density at radius 1 is 1.73 bits per heavy atom. The molecule has 0 spiro atoms. The number of rotatable bonds is 3. The fourth-order valence-corrected chi connectivity index (χ4v) is 1.35. The molecule has 8 nitrogen and oxygen atoms in total. The van der Waals surface area contributed by atoms with E-state index >= 15 is 0 Å². The van der Waals surface area contributed by atoms with Crippen molar-refractivity contribution < 1.29 is 19.4 Å². The fourth-order valence-electron chi connectivity index (χ4n) is 1.35. The van der Waals surface area contributed by atoms with E-state index in [4.69, 9.17) is 4.74 Å². The quantitative estimate of drug-likeness (QED) is 0.590. The van der Waals surface area contributed by atoms with Gasteiger partial charge in [-0.3, -0.25) is 5.21 Å². The van der Waals surface area contributed by atoms with Gasteiger partial charge in [0.1, 0.15) is 6.07 Å². The summed E-state index contributed by atoms with van der Waals surface area (Å²) in [7, 11) is 0. The summed E-state index contributed by atoms with van der Waals surface area (Å²) in [6.07, 6.45) is 0.959. The topological polar surface area (TPSA) is 102 Å². The van der Waals surface area contributed by atoms with Crippen LogP contribution in [0.15, 0.2) is 10.6 Å². The van der Waals surface area contributed by atoms with E-state index in [9.17, 15) is 15.3 Å². The van der Waals surface area contributed by atoms with Crippen LogP contribution < -0.4 is 5.06 Å². The van der Waals surface area contributed by atoms with E-state index in [1.807, 2.05) is 0 Å². The Labute approximate surface area is 84.1 Å². The Balaban J connectivity index is 2.10. The van der Waals surface area contributed by atoms with Crippen LogP contribution in [0.25, 0.3) is 0 Å². The number of hydrogen-bond donors (Lipinski definition) is 1. The Kier molecular flexibility index (Phi) is 2.52. The first-order valence-electron chi connectivity index (χ1n) is 4.39. The SMILES string of the molecule is O=[N+]([O-])c1cc(N(O)[C@@H]2CCCO2)on1. The molecular weight excluding hydrogens is 206 g/mol. The highest BCUT2D eigenvalue weighted by atomic mass is 16.6. The van der Waals surface area contributed by atoms with Crippen molar-refractivity contribution >= 4 is 11.7 Å². The van der Waals surface area contributed by atoms with Gasteiger partial charge in [-0.25, -0.2) is 4.52 Å². The van der Waals surface area contributed by atoms with Crippen LogP contribution >= 0.6 is 0 Å². The van der Waals surface area contributed by atoms with Gasteiger partial charge in [0.2, 0.25) is 0 Å². The monoisotopic (exact) mass is 215 g/mol. The summed E-state index contributed by atoms with van der Waals surface area (Å²) in [5, 5.41) is 23.8. The molecule has 1 aromatic rings. The number of ether oxygens (including phenoxy) is 1. The molecule has 0 bridgehead atoms. The summed E-state index contributed by atoms with van der Waals surface area (Å²) in [5.74, 6) is -0.532. The van der Waals surface area contributed by atoms with Crippen molar-refractivity contribution in [2.75, 3.05) is 11.7 Å². The molecule has 0 aliphatic carbocycles. The fraction of sp³-hybridized carbons (Fsp3) is 0.571. The zero-order chi connectivity index (χ0) is 10.8. The summed E-state index contributed by atoms with van der Waals surface area (Å²) in [4.78, 5) is 9.61. The van der Waals surface area contributed by atoms with Crippen LogP contribution in [0.1, 0.15) is 12.8 Å². The Morgan fingerprint density at radius 2 is 2.53 bits per heavy atom. The highest BCUT2D eigenvalue weighted by molar-refractivity contribution is 5.38. The van der Waals surface area contributed by atoms with Crippen molar-refractivity contribution in [3.63, 3.8) is 0 Å². The molecule has 1 saturated heterocycles.